The van der Waals surface area contributed by atoms with Crippen molar-refractivity contribution in [3.63, 3.8) is 0 Å². The minimum absolute atomic E-state index is 0.0179. The van der Waals surface area contributed by atoms with Gasteiger partial charge in [-0.25, -0.2) is 13.8 Å². The standard InChI is InChI=1S/C24H23ClN4O8S/c1-35-21-10-6-17(25)12-20(21)28(38(33,34)19-9-11-22(36-2)23(13-19)37-3)15-24(30)27-26-14-16-4-7-18(8-5-16)29(31)32/h4-14H,15H2,1-3H3,(H,27,30)/b26-14+. The Balaban J connectivity index is 1.94. The van der Waals surface area contributed by atoms with Gasteiger partial charge in [-0.1, -0.05) is 11.6 Å². The van der Waals surface area contributed by atoms with Crippen LogP contribution >= 0.6 is 11.6 Å². The lowest BCUT2D eigenvalue weighted by molar-refractivity contribution is -0.384. The number of carbonyl (C=O) groups excluding carboxylic acids is 1. The third-order valence-corrected chi connectivity index (χ3v) is 7.14. The molecule has 14 heteroatoms. The van der Waals surface area contributed by atoms with Gasteiger partial charge in [0.05, 0.1) is 43.1 Å². The van der Waals surface area contributed by atoms with Crippen LogP contribution in [0.15, 0.2) is 70.7 Å². The molecule has 0 saturated heterocycles. The Morgan fingerprint density at radius 2 is 1.63 bits per heavy atom. The number of benzene rings is 3. The number of halogens is 1. The van der Waals surface area contributed by atoms with E-state index in [0.29, 0.717) is 11.3 Å². The molecule has 1 N–H and O–H groups in total. The second-order valence-electron chi connectivity index (χ2n) is 7.49. The SMILES string of the molecule is COc1ccc(S(=O)(=O)N(CC(=O)N/N=C/c2ccc([N+](=O)[O-])cc2)c2cc(Cl)ccc2OC)cc1OC. The van der Waals surface area contributed by atoms with Gasteiger partial charge in [0.2, 0.25) is 0 Å². The molecule has 0 fully saturated rings. The number of rotatable bonds is 11. The van der Waals surface area contributed by atoms with Gasteiger partial charge < -0.3 is 14.2 Å². The van der Waals surface area contributed by atoms with Gasteiger partial charge in [0.1, 0.15) is 12.3 Å². The van der Waals surface area contributed by atoms with E-state index in [1.54, 1.807) is 0 Å². The lowest BCUT2D eigenvalue weighted by Crippen LogP contribution is -2.39. The first-order valence-electron chi connectivity index (χ1n) is 10.8. The maximum atomic E-state index is 13.8. The number of sulfonamides is 1. The van der Waals surface area contributed by atoms with Crippen molar-refractivity contribution in [2.75, 3.05) is 32.2 Å². The first-order chi connectivity index (χ1) is 18.1. The number of nitro groups is 1. The number of ether oxygens (including phenoxy) is 3. The van der Waals surface area contributed by atoms with E-state index in [-0.39, 0.29) is 32.8 Å². The van der Waals surface area contributed by atoms with E-state index in [1.165, 1.54) is 88.2 Å². The van der Waals surface area contributed by atoms with Crippen LogP contribution in [0.3, 0.4) is 0 Å². The highest BCUT2D eigenvalue weighted by molar-refractivity contribution is 7.92. The number of non-ortho nitro benzene ring substituents is 1. The lowest BCUT2D eigenvalue weighted by atomic mass is 10.2. The van der Waals surface area contributed by atoms with E-state index >= 15 is 0 Å². The van der Waals surface area contributed by atoms with Crippen LogP contribution in [-0.2, 0) is 14.8 Å². The molecule has 0 saturated carbocycles. The Hall–Kier alpha value is -4.36. The van der Waals surface area contributed by atoms with Crippen molar-refractivity contribution in [1.82, 2.24) is 5.43 Å². The van der Waals surface area contributed by atoms with Crippen molar-refractivity contribution in [3.8, 4) is 17.2 Å². The number of anilines is 1. The Morgan fingerprint density at radius 3 is 2.24 bits per heavy atom. The van der Waals surface area contributed by atoms with Crippen molar-refractivity contribution in [2.24, 2.45) is 5.10 Å². The molecule has 0 unspecified atom stereocenters. The summed E-state index contributed by atoms with van der Waals surface area (Å²) in [6, 6.07) is 13.8. The van der Waals surface area contributed by atoms with Crippen LogP contribution in [0.5, 0.6) is 17.2 Å². The van der Waals surface area contributed by atoms with Crippen LogP contribution in [0.2, 0.25) is 5.02 Å². The third-order valence-electron chi connectivity index (χ3n) is 5.15. The molecule has 3 aromatic rings. The van der Waals surface area contributed by atoms with Gasteiger partial charge in [0.25, 0.3) is 21.6 Å². The van der Waals surface area contributed by atoms with E-state index in [1.807, 2.05) is 0 Å². The van der Waals surface area contributed by atoms with Crippen LogP contribution in [0, 0.1) is 10.1 Å². The fourth-order valence-electron chi connectivity index (χ4n) is 3.29. The number of methoxy groups -OCH3 is 3. The maximum Gasteiger partial charge on any atom is 0.269 e. The zero-order valence-electron chi connectivity index (χ0n) is 20.5. The number of amides is 1. The summed E-state index contributed by atoms with van der Waals surface area (Å²) in [6.07, 6.45) is 1.26. The molecular weight excluding hydrogens is 540 g/mol. The molecule has 0 radical (unpaired) electrons. The van der Waals surface area contributed by atoms with Crippen LogP contribution < -0.4 is 23.9 Å². The second-order valence-corrected chi connectivity index (χ2v) is 9.79. The Morgan fingerprint density at radius 1 is 1.00 bits per heavy atom. The van der Waals surface area contributed by atoms with Gasteiger partial charge in [-0.15, -0.1) is 0 Å². The summed E-state index contributed by atoms with van der Waals surface area (Å²) >= 11 is 6.14. The Bertz CT molecular complexity index is 1460. The molecule has 1 amide bonds. The monoisotopic (exact) mass is 562 g/mol. The molecule has 0 spiro atoms. The summed E-state index contributed by atoms with van der Waals surface area (Å²) in [5, 5.41) is 14.8. The third kappa shape index (κ3) is 6.49. The highest BCUT2D eigenvalue weighted by Crippen LogP contribution is 2.36. The van der Waals surface area contributed by atoms with E-state index in [2.05, 4.69) is 10.5 Å². The summed E-state index contributed by atoms with van der Waals surface area (Å²) in [7, 11) is -0.237. The lowest BCUT2D eigenvalue weighted by Gasteiger charge is -2.25. The van der Waals surface area contributed by atoms with Crippen LogP contribution in [0.4, 0.5) is 11.4 Å². The number of hydrogen-bond acceptors (Lipinski definition) is 9. The molecule has 0 aliphatic rings. The van der Waals surface area contributed by atoms with E-state index in [4.69, 9.17) is 25.8 Å². The summed E-state index contributed by atoms with van der Waals surface area (Å²) < 4.78 is 44.1. The molecule has 0 aliphatic carbocycles. The number of nitro benzene ring substituents is 1. The minimum atomic E-state index is -4.36. The summed E-state index contributed by atoms with van der Waals surface area (Å²) in [5.41, 5.74) is 2.65. The smallest absolute Gasteiger partial charge is 0.269 e. The summed E-state index contributed by atoms with van der Waals surface area (Å²) in [6.45, 7) is -0.690. The number of hydrazone groups is 1. The first kappa shape index (κ1) is 28.2. The number of hydrogen-bond donors (Lipinski definition) is 1. The first-order valence-corrected chi connectivity index (χ1v) is 12.6. The summed E-state index contributed by atoms with van der Waals surface area (Å²) in [4.78, 5) is 22.9. The number of nitrogens with zero attached hydrogens (tertiary/aromatic N) is 3. The Kier molecular flexibility index (Phi) is 9.10. The van der Waals surface area contributed by atoms with E-state index < -0.39 is 27.4 Å². The van der Waals surface area contributed by atoms with Crippen molar-refractivity contribution in [1.29, 1.82) is 0 Å². The minimum Gasteiger partial charge on any atom is -0.495 e. The van der Waals surface area contributed by atoms with Crippen molar-refractivity contribution >= 4 is 45.1 Å². The molecule has 3 rings (SSSR count). The van der Waals surface area contributed by atoms with Gasteiger partial charge in [0.15, 0.2) is 11.5 Å². The molecule has 0 heterocycles. The number of nitrogens with one attached hydrogen (secondary N) is 1. The van der Waals surface area contributed by atoms with Crippen LogP contribution in [-0.4, -0.2) is 53.3 Å². The van der Waals surface area contributed by atoms with Crippen LogP contribution in [0.25, 0.3) is 0 Å². The van der Waals surface area contributed by atoms with E-state index in [9.17, 15) is 23.3 Å². The predicted molar refractivity (Wildman–Crippen MR) is 141 cm³/mol. The topological polar surface area (TPSA) is 150 Å². The maximum absolute atomic E-state index is 13.8. The predicted octanol–water partition coefficient (Wildman–Crippen LogP) is 3.62. The molecule has 0 aromatic heterocycles. The molecule has 200 valence electrons. The van der Waals surface area contributed by atoms with Gasteiger partial charge in [-0.05, 0) is 48.0 Å². The van der Waals surface area contributed by atoms with Crippen molar-refractivity contribution in [2.45, 2.75) is 4.90 Å². The van der Waals surface area contributed by atoms with Gasteiger partial charge in [-0.3, -0.25) is 19.2 Å². The highest BCUT2D eigenvalue weighted by Gasteiger charge is 2.30. The van der Waals surface area contributed by atoms with Crippen molar-refractivity contribution < 1.29 is 32.3 Å². The zero-order chi connectivity index (χ0) is 27.9. The number of carbonyl (C=O) groups is 1. The fourth-order valence-corrected chi connectivity index (χ4v) is 4.89. The molecule has 12 nitrogen and oxygen atoms in total. The summed E-state index contributed by atoms with van der Waals surface area (Å²) in [5.74, 6) is -0.143. The van der Waals surface area contributed by atoms with Gasteiger partial charge in [-0.2, -0.15) is 5.10 Å². The fraction of sp³-hybridized carbons (Fsp3) is 0.167. The zero-order valence-corrected chi connectivity index (χ0v) is 22.0. The average molecular weight is 563 g/mol. The van der Waals surface area contributed by atoms with Gasteiger partial charge in [0, 0.05) is 23.2 Å². The molecule has 3 aromatic carbocycles. The second kappa shape index (κ2) is 12.3. The quantitative estimate of drug-likeness (QED) is 0.211. The molecule has 0 bridgehead atoms. The molecule has 38 heavy (non-hydrogen) atoms. The normalized spacial score (nSPS) is 11.2. The largest absolute Gasteiger partial charge is 0.495 e. The Labute approximate surface area is 223 Å². The molecule has 0 atom stereocenters. The van der Waals surface area contributed by atoms with Gasteiger partial charge >= 0.3 is 0 Å². The van der Waals surface area contributed by atoms with Crippen LogP contribution in [0.1, 0.15) is 5.56 Å². The molecule has 0 aliphatic heterocycles. The molecular formula is C24H23ClN4O8S. The van der Waals surface area contributed by atoms with Crippen molar-refractivity contribution in [3.05, 3.63) is 81.4 Å². The average Bonchev–Trinajstić information content (AvgIpc) is 2.91. The highest BCUT2D eigenvalue weighted by atomic mass is 35.5. The van der Waals surface area contributed by atoms with E-state index in [0.717, 1.165) is 4.31 Å².